The quantitative estimate of drug-likeness (QED) is 0.821. The third kappa shape index (κ3) is 3.03. The molecule has 1 heterocycles. The molecule has 0 aromatic heterocycles. The van der Waals surface area contributed by atoms with Gasteiger partial charge >= 0.3 is 6.03 Å². The van der Waals surface area contributed by atoms with Crippen LogP contribution in [0.3, 0.4) is 0 Å². The number of carbonyl (C=O) groups is 3. The van der Waals surface area contributed by atoms with E-state index < -0.39 is 23.9 Å². The van der Waals surface area contributed by atoms with Gasteiger partial charge in [-0.3, -0.25) is 19.8 Å². The zero-order valence-corrected chi connectivity index (χ0v) is 11.2. The van der Waals surface area contributed by atoms with Gasteiger partial charge in [0.2, 0.25) is 11.8 Å². The standard InChI is InChI=1S/C14H16N2O4/c1-20-8-7-11(10-5-3-2-4-6-10)16-13(18)9-12(17)15-14(16)19/h2-6,11H,7-9H2,1H3,(H,15,17,19). The number of urea groups is 1. The maximum Gasteiger partial charge on any atom is 0.331 e. The van der Waals surface area contributed by atoms with Gasteiger partial charge in [0.05, 0.1) is 6.04 Å². The van der Waals surface area contributed by atoms with Gasteiger partial charge in [0.25, 0.3) is 0 Å². The SMILES string of the molecule is COCCC(c1ccccc1)N1C(=O)CC(=O)NC1=O. The van der Waals surface area contributed by atoms with E-state index in [1.807, 2.05) is 30.3 Å². The van der Waals surface area contributed by atoms with E-state index in [9.17, 15) is 14.4 Å². The van der Waals surface area contributed by atoms with Gasteiger partial charge in [-0.1, -0.05) is 30.3 Å². The van der Waals surface area contributed by atoms with Crippen LogP contribution in [0.5, 0.6) is 0 Å². The van der Waals surface area contributed by atoms with Crippen molar-refractivity contribution >= 4 is 17.8 Å². The number of amides is 4. The molecule has 6 heteroatoms. The van der Waals surface area contributed by atoms with Crippen molar-refractivity contribution in [1.82, 2.24) is 10.2 Å². The lowest BCUT2D eigenvalue weighted by atomic mass is 10.0. The summed E-state index contributed by atoms with van der Waals surface area (Å²) in [4.78, 5) is 36.2. The van der Waals surface area contributed by atoms with Gasteiger partial charge in [0.15, 0.2) is 0 Å². The molecule has 0 bridgehead atoms. The molecular formula is C14H16N2O4. The van der Waals surface area contributed by atoms with Crippen molar-refractivity contribution in [3.8, 4) is 0 Å². The van der Waals surface area contributed by atoms with Gasteiger partial charge in [0, 0.05) is 13.7 Å². The van der Waals surface area contributed by atoms with Crippen LogP contribution in [0.2, 0.25) is 0 Å². The Kier molecular flexibility index (Phi) is 4.47. The van der Waals surface area contributed by atoms with Gasteiger partial charge in [-0.15, -0.1) is 0 Å². The van der Waals surface area contributed by atoms with Crippen molar-refractivity contribution in [2.45, 2.75) is 18.9 Å². The van der Waals surface area contributed by atoms with Crippen molar-refractivity contribution in [3.05, 3.63) is 35.9 Å². The van der Waals surface area contributed by atoms with Gasteiger partial charge in [-0.05, 0) is 12.0 Å². The van der Waals surface area contributed by atoms with Crippen LogP contribution in [0.4, 0.5) is 4.79 Å². The molecule has 106 valence electrons. The number of imide groups is 2. The summed E-state index contributed by atoms with van der Waals surface area (Å²) >= 11 is 0. The molecule has 1 aliphatic heterocycles. The Morgan fingerprint density at radius 3 is 2.55 bits per heavy atom. The Hall–Kier alpha value is -2.21. The molecule has 6 nitrogen and oxygen atoms in total. The topological polar surface area (TPSA) is 75.7 Å². The van der Waals surface area contributed by atoms with Gasteiger partial charge in [-0.2, -0.15) is 0 Å². The molecule has 1 aliphatic rings. The lowest BCUT2D eigenvalue weighted by Gasteiger charge is -2.32. The number of carbonyl (C=O) groups excluding carboxylic acids is 3. The fourth-order valence-electron chi connectivity index (χ4n) is 2.22. The highest BCUT2D eigenvalue weighted by atomic mass is 16.5. The van der Waals surface area contributed by atoms with E-state index in [4.69, 9.17) is 4.74 Å². The summed E-state index contributed by atoms with van der Waals surface area (Å²) < 4.78 is 5.04. The fraction of sp³-hybridized carbons (Fsp3) is 0.357. The van der Waals surface area contributed by atoms with Crippen molar-refractivity contribution < 1.29 is 19.1 Å². The number of nitrogens with one attached hydrogen (secondary N) is 1. The maximum atomic E-state index is 12.0. The third-order valence-corrected chi connectivity index (χ3v) is 3.14. The van der Waals surface area contributed by atoms with Crippen LogP contribution in [0.1, 0.15) is 24.4 Å². The van der Waals surface area contributed by atoms with Crippen LogP contribution in [0, 0.1) is 0 Å². The molecule has 1 unspecified atom stereocenters. The summed E-state index contributed by atoms with van der Waals surface area (Å²) in [6, 6.07) is 8.12. The second-order valence-electron chi connectivity index (χ2n) is 4.50. The molecule has 0 saturated carbocycles. The van der Waals surface area contributed by atoms with E-state index in [0.29, 0.717) is 13.0 Å². The van der Waals surface area contributed by atoms with E-state index in [2.05, 4.69) is 5.32 Å². The highest BCUT2D eigenvalue weighted by Gasteiger charge is 2.36. The zero-order valence-electron chi connectivity index (χ0n) is 11.2. The Morgan fingerprint density at radius 1 is 1.25 bits per heavy atom. The lowest BCUT2D eigenvalue weighted by molar-refractivity contribution is -0.138. The second-order valence-corrected chi connectivity index (χ2v) is 4.50. The van der Waals surface area contributed by atoms with Gasteiger partial charge < -0.3 is 4.74 Å². The Balaban J connectivity index is 2.28. The number of hydrogen-bond acceptors (Lipinski definition) is 4. The monoisotopic (exact) mass is 276 g/mol. The average molecular weight is 276 g/mol. The van der Waals surface area contributed by atoms with E-state index in [1.165, 1.54) is 0 Å². The highest BCUT2D eigenvalue weighted by Crippen LogP contribution is 2.26. The van der Waals surface area contributed by atoms with Gasteiger partial charge in [-0.25, -0.2) is 4.79 Å². The molecule has 1 atom stereocenters. The van der Waals surface area contributed by atoms with Gasteiger partial charge in [0.1, 0.15) is 6.42 Å². The number of hydrogen-bond donors (Lipinski definition) is 1. The molecule has 4 amide bonds. The molecule has 1 fully saturated rings. The van der Waals surface area contributed by atoms with E-state index in [0.717, 1.165) is 10.5 Å². The van der Waals surface area contributed by atoms with Crippen molar-refractivity contribution in [3.63, 3.8) is 0 Å². The molecule has 1 N–H and O–H groups in total. The number of barbiturate groups is 1. The number of ether oxygens (including phenoxy) is 1. The summed E-state index contributed by atoms with van der Waals surface area (Å²) in [6.45, 7) is 0.407. The highest BCUT2D eigenvalue weighted by molar-refractivity contribution is 6.14. The minimum absolute atomic E-state index is 0.304. The predicted octanol–water partition coefficient (Wildman–Crippen LogP) is 1.23. The van der Waals surface area contributed by atoms with E-state index in [1.54, 1.807) is 7.11 Å². The van der Waals surface area contributed by atoms with Crippen molar-refractivity contribution in [2.24, 2.45) is 0 Å². The van der Waals surface area contributed by atoms with E-state index in [-0.39, 0.29) is 6.42 Å². The Morgan fingerprint density at radius 2 is 1.95 bits per heavy atom. The van der Waals surface area contributed by atoms with Crippen LogP contribution in [0.25, 0.3) is 0 Å². The Labute approximate surface area is 116 Å². The maximum absolute atomic E-state index is 12.0. The molecule has 2 rings (SSSR count). The second kappa shape index (κ2) is 6.29. The lowest BCUT2D eigenvalue weighted by Crippen LogP contribution is -2.54. The first-order valence-corrected chi connectivity index (χ1v) is 6.33. The number of rotatable bonds is 5. The van der Waals surface area contributed by atoms with Crippen LogP contribution < -0.4 is 5.32 Å². The molecule has 1 saturated heterocycles. The normalized spacial score (nSPS) is 17.1. The molecule has 1 aromatic carbocycles. The van der Waals surface area contributed by atoms with E-state index >= 15 is 0 Å². The first-order valence-electron chi connectivity index (χ1n) is 6.33. The fourth-order valence-corrected chi connectivity index (χ4v) is 2.22. The minimum atomic E-state index is -0.670. The van der Waals surface area contributed by atoms with Crippen molar-refractivity contribution in [2.75, 3.05) is 13.7 Å². The number of benzene rings is 1. The first-order chi connectivity index (χ1) is 9.63. The first kappa shape index (κ1) is 14.2. The molecule has 0 spiro atoms. The summed E-state index contributed by atoms with van der Waals surface area (Å²) in [5.41, 5.74) is 0.836. The summed E-state index contributed by atoms with van der Waals surface area (Å²) in [5, 5.41) is 2.17. The zero-order chi connectivity index (χ0) is 14.5. The van der Waals surface area contributed by atoms with Crippen LogP contribution in [-0.4, -0.2) is 36.5 Å². The Bertz CT molecular complexity index is 495. The molecule has 20 heavy (non-hydrogen) atoms. The smallest absolute Gasteiger partial charge is 0.331 e. The molecule has 0 radical (unpaired) electrons. The molecular weight excluding hydrogens is 260 g/mol. The predicted molar refractivity (Wildman–Crippen MR) is 70.7 cm³/mol. The van der Waals surface area contributed by atoms with Crippen molar-refractivity contribution in [1.29, 1.82) is 0 Å². The third-order valence-electron chi connectivity index (χ3n) is 3.14. The summed E-state index contributed by atoms with van der Waals surface area (Å²) in [6.07, 6.45) is 0.177. The summed E-state index contributed by atoms with van der Waals surface area (Å²) in [7, 11) is 1.56. The molecule has 0 aliphatic carbocycles. The molecule has 1 aromatic rings. The number of methoxy groups -OCH3 is 1. The minimum Gasteiger partial charge on any atom is -0.385 e. The average Bonchev–Trinajstić information content (AvgIpc) is 2.42. The largest absolute Gasteiger partial charge is 0.385 e. The van der Waals surface area contributed by atoms with Crippen LogP contribution in [-0.2, 0) is 14.3 Å². The van der Waals surface area contributed by atoms with Crippen LogP contribution in [0.15, 0.2) is 30.3 Å². The van der Waals surface area contributed by atoms with Crippen LogP contribution >= 0.6 is 0 Å². The number of nitrogens with zero attached hydrogens (tertiary/aromatic N) is 1. The summed E-state index contributed by atoms with van der Waals surface area (Å²) in [5.74, 6) is -1.04.